The van der Waals surface area contributed by atoms with Crippen molar-refractivity contribution >= 4 is 56.9 Å². The van der Waals surface area contributed by atoms with E-state index in [4.69, 9.17) is 4.74 Å². The highest BCUT2D eigenvalue weighted by Crippen LogP contribution is 2.34. The van der Waals surface area contributed by atoms with E-state index in [1.165, 1.54) is 27.8 Å². The van der Waals surface area contributed by atoms with E-state index in [1.807, 2.05) is 12.1 Å². The summed E-state index contributed by atoms with van der Waals surface area (Å²) >= 11 is 0. The van der Waals surface area contributed by atoms with Crippen LogP contribution in [0.15, 0.2) is 72.8 Å². The number of benzene rings is 4. The van der Waals surface area contributed by atoms with Gasteiger partial charge in [-0.2, -0.15) is 0 Å². The molecule has 34 heavy (non-hydrogen) atoms. The van der Waals surface area contributed by atoms with Crippen molar-refractivity contribution in [2.45, 2.75) is 6.92 Å². The number of hydrogen-bond donors (Lipinski definition) is 3. The molecule has 2 aliphatic heterocycles. The molecule has 0 amide bonds. The molecule has 0 saturated heterocycles. The van der Waals surface area contributed by atoms with Crippen LogP contribution in [0.3, 0.4) is 0 Å². The Hall–Kier alpha value is -4.19. The van der Waals surface area contributed by atoms with E-state index in [1.54, 1.807) is 7.11 Å². The summed E-state index contributed by atoms with van der Waals surface area (Å²) in [7, 11) is 3.84. The molecule has 5 aromatic rings. The molecule has 0 saturated carbocycles. The van der Waals surface area contributed by atoms with E-state index in [9.17, 15) is 0 Å². The van der Waals surface area contributed by atoms with Crippen LogP contribution >= 0.6 is 0 Å². The maximum absolute atomic E-state index is 5.59. The summed E-state index contributed by atoms with van der Waals surface area (Å²) in [5, 5.41) is 7.41. The molecular weight excluding hydrogens is 419 g/mol. The Morgan fingerprint density at radius 2 is 1.56 bits per heavy atom. The van der Waals surface area contributed by atoms with Crippen molar-refractivity contribution in [3.63, 3.8) is 0 Å². The number of ether oxygens (including phenoxy) is 1. The van der Waals surface area contributed by atoms with Gasteiger partial charge in [0.15, 0.2) is 11.0 Å². The third-order valence-electron chi connectivity index (χ3n) is 7.42. The highest BCUT2D eigenvalue weighted by molar-refractivity contribution is 7.00. The zero-order chi connectivity index (χ0) is 23.0. The van der Waals surface area contributed by atoms with Crippen molar-refractivity contribution in [2.24, 2.45) is 7.05 Å². The predicted molar refractivity (Wildman–Crippen MR) is 140 cm³/mol. The monoisotopic (exact) mass is 443 g/mol. The number of methoxy groups -OCH3 is 1. The maximum Gasteiger partial charge on any atom is 0.287 e. The number of H-pyrrole nitrogens is 1. The molecule has 7 rings (SSSR count). The van der Waals surface area contributed by atoms with Crippen LogP contribution < -0.4 is 36.3 Å². The second-order valence-corrected chi connectivity index (χ2v) is 9.13. The van der Waals surface area contributed by atoms with Gasteiger partial charge in [-0.15, -0.1) is 0 Å². The smallest absolute Gasteiger partial charge is 0.287 e. The standard InChI is InChI=1S/C28H23BN4O/c1-16-17(8-6-13-24(16)34-3)28-32-27-23(33(28)2)15-14-19-26(27)31-22-12-7-11-21-25(22)29(19)18-9-4-5-10-20(18)30-21/h4-15,30-31H,1-3H3/p+1. The lowest BCUT2D eigenvalue weighted by molar-refractivity contribution is -0.633. The number of anilines is 4. The van der Waals surface area contributed by atoms with Crippen molar-refractivity contribution in [3.05, 3.63) is 78.4 Å². The van der Waals surface area contributed by atoms with E-state index in [0.717, 1.165) is 45.1 Å². The summed E-state index contributed by atoms with van der Waals surface area (Å²) in [5.41, 5.74) is 13.1. The highest BCUT2D eigenvalue weighted by atomic mass is 16.5. The molecule has 2 aliphatic rings. The third-order valence-corrected chi connectivity index (χ3v) is 7.42. The topological polar surface area (TPSA) is 53.0 Å². The van der Waals surface area contributed by atoms with Crippen molar-refractivity contribution in [3.8, 4) is 17.1 Å². The molecule has 0 spiro atoms. The van der Waals surface area contributed by atoms with Crippen LogP contribution in [0.4, 0.5) is 22.7 Å². The summed E-state index contributed by atoms with van der Waals surface area (Å²) in [4.78, 5) is 3.76. The first-order valence-corrected chi connectivity index (χ1v) is 11.6. The van der Waals surface area contributed by atoms with E-state index in [0.29, 0.717) is 0 Å². The third kappa shape index (κ3) is 2.48. The van der Waals surface area contributed by atoms with Crippen LogP contribution in [0.25, 0.3) is 22.4 Å². The fraction of sp³-hybridized carbons (Fsp3) is 0.107. The number of nitrogens with one attached hydrogen (secondary N) is 3. The molecule has 3 N–H and O–H groups in total. The van der Waals surface area contributed by atoms with Crippen molar-refractivity contribution in [2.75, 3.05) is 17.7 Å². The number of aromatic amines is 1. The normalized spacial score (nSPS) is 13.0. The van der Waals surface area contributed by atoms with Crippen LogP contribution in [0.1, 0.15) is 5.56 Å². The van der Waals surface area contributed by atoms with Crippen LogP contribution in [0, 0.1) is 6.92 Å². The summed E-state index contributed by atoms with van der Waals surface area (Å²) in [5.74, 6) is 1.95. The maximum atomic E-state index is 5.59. The number of aryl methyl sites for hydroxylation is 1. The van der Waals surface area contributed by atoms with E-state index in [2.05, 4.69) is 94.8 Å². The Bertz CT molecular complexity index is 1640. The van der Waals surface area contributed by atoms with E-state index < -0.39 is 0 Å². The number of aromatic nitrogens is 2. The van der Waals surface area contributed by atoms with Gasteiger partial charge in [0.25, 0.3) is 12.5 Å². The molecule has 4 aromatic carbocycles. The second-order valence-electron chi connectivity index (χ2n) is 9.13. The summed E-state index contributed by atoms with van der Waals surface area (Å²) in [6.45, 7) is 2.29. The molecule has 5 nitrogen and oxygen atoms in total. The first-order valence-electron chi connectivity index (χ1n) is 11.6. The van der Waals surface area contributed by atoms with Gasteiger partial charge in [-0.25, -0.2) is 9.55 Å². The SMILES string of the molecule is COc1cccc(-c2[nH]c3c4c(ccc3[n+]2C)B2c3ccccc3Nc3cccc(c32)N4)c1C. The van der Waals surface area contributed by atoms with Crippen molar-refractivity contribution < 1.29 is 9.30 Å². The molecule has 0 aliphatic carbocycles. The molecule has 0 atom stereocenters. The minimum Gasteiger partial charge on any atom is -0.496 e. The average molecular weight is 443 g/mol. The van der Waals surface area contributed by atoms with Crippen LogP contribution in [0.2, 0.25) is 0 Å². The van der Waals surface area contributed by atoms with Gasteiger partial charge in [0, 0.05) is 22.6 Å². The lowest BCUT2D eigenvalue weighted by Crippen LogP contribution is -2.59. The number of rotatable bonds is 2. The second kappa shape index (κ2) is 6.91. The number of imidazole rings is 1. The number of nitrogens with zero attached hydrogens (tertiary/aromatic N) is 1. The van der Waals surface area contributed by atoms with Crippen LogP contribution in [0.5, 0.6) is 5.75 Å². The first kappa shape index (κ1) is 19.3. The Kier molecular flexibility index (Phi) is 3.92. The minimum atomic E-state index is 0.180. The van der Waals surface area contributed by atoms with Crippen molar-refractivity contribution in [1.29, 1.82) is 0 Å². The van der Waals surface area contributed by atoms with Gasteiger partial charge in [-0.05, 0) is 59.7 Å². The molecule has 0 unspecified atom stereocenters. The van der Waals surface area contributed by atoms with Crippen LogP contribution in [-0.2, 0) is 7.05 Å². The largest absolute Gasteiger partial charge is 0.496 e. The molecule has 164 valence electrons. The Labute approximate surface area is 198 Å². The Morgan fingerprint density at radius 3 is 2.41 bits per heavy atom. The molecule has 0 bridgehead atoms. The lowest BCUT2D eigenvalue weighted by atomic mass is 9.34. The molecular formula is C28H24BN4O+. The minimum absolute atomic E-state index is 0.180. The summed E-state index contributed by atoms with van der Waals surface area (Å²) < 4.78 is 7.83. The fourth-order valence-corrected chi connectivity index (χ4v) is 5.77. The molecule has 1 aromatic heterocycles. The van der Waals surface area contributed by atoms with Gasteiger partial charge in [-0.1, -0.05) is 36.4 Å². The number of fused-ring (bicyclic) bond motifs is 6. The summed E-state index contributed by atoms with van der Waals surface area (Å²) in [6.07, 6.45) is 0. The van der Waals surface area contributed by atoms with Gasteiger partial charge in [0.1, 0.15) is 5.75 Å². The van der Waals surface area contributed by atoms with Gasteiger partial charge in [0.05, 0.1) is 25.4 Å². The molecule has 0 fully saturated rings. The van der Waals surface area contributed by atoms with Gasteiger partial charge in [0.2, 0.25) is 0 Å². The van der Waals surface area contributed by atoms with Gasteiger partial charge >= 0.3 is 0 Å². The molecule has 0 radical (unpaired) electrons. The lowest BCUT2D eigenvalue weighted by Gasteiger charge is -2.34. The van der Waals surface area contributed by atoms with Crippen molar-refractivity contribution in [1.82, 2.24) is 4.98 Å². The van der Waals surface area contributed by atoms with Gasteiger partial charge in [-0.3, -0.25) is 0 Å². The average Bonchev–Trinajstić information content (AvgIpc) is 3.20. The summed E-state index contributed by atoms with van der Waals surface area (Å²) in [6, 6.07) is 25.8. The first-order chi connectivity index (χ1) is 16.7. The van der Waals surface area contributed by atoms with E-state index >= 15 is 0 Å². The number of hydrogen-bond acceptors (Lipinski definition) is 3. The molecule has 6 heteroatoms. The van der Waals surface area contributed by atoms with Crippen LogP contribution in [-0.4, -0.2) is 18.8 Å². The zero-order valence-electron chi connectivity index (χ0n) is 19.4. The fourth-order valence-electron chi connectivity index (χ4n) is 5.77. The quantitative estimate of drug-likeness (QED) is 0.283. The zero-order valence-corrected chi connectivity index (χ0v) is 19.4. The molecule has 3 heterocycles. The van der Waals surface area contributed by atoms with Gasteiger partial charge < -0.3 is 15.4 Å². The Morgan fingerprint density at radius 1 is 0.794 bits per heavy atom. The Balaban J connectivity index is 1.50. The predicted octanol–water partition coefficient (Wildman–Crippen LogP) is 3.61. The van der Waals surface area contributed by atoms with E-state index in [-0.39, 0.29) is 6.71 Å². The number of para-hydroxylation sites is 1. The highest BCUT2D eigenvalue weighted by Gasteiger charge is 2.39.